The number of aromatic nitrogens is 2. The fourth-order valence-corrected chi connectivity index (χ4v) is 2.84. The minimum absolute atomic E-state index is 0.0720. The summed E-state index contributed by atoms with van der Waals surface area (Å²) in [5, 5.41) is 4.19. The topological polar surface area (TPSA) is 64.4 Å². The largest absolute Gasteiger partial charge is 0.465 e. The van der Waals surface area contributed by atoms with Gasteiger partial charge in [-0.25, -0.2) is 4.79 Å². The number of carbonyl (C=O) groups excluding carboxylic acids is 2. The number of hydrogen-bond donors (Lipinski definition) is 0. The predicted octanol–water partition coefficient (Wildman–Crippen LogP) is 1.96. The van der Waals surface area contributed by atoms with Gasteiger partial charge in [0, 0.05) is 31.4 Å². The molecule has 0 bridgehead atoms. The number of hydrogen-bond acceptors (Lipinski definition) is 4. The Hall–Kier alpha value is -2.63. The number of rotatable bonds is 4. The summed E-state index contributed by atoms with van der Waals surface area (Å²) in [5.74, 6) is -0.283. The average molecular weight is 313 g/mol. The molecule has 0 aliphatic carbocycles. The Labute approximate surface area is 134 Å². The van der Waals surface area contributed by atoms with Crippen LogP contribution in [-0.4, -0.2) is 35.3 Å². The van der Waals surface area contributed by atoms with E-state index in [0.29, 0.717) is 25.1 Å². The third-order valence-electron chi connectivity index (χ3n) is 4.01. The number of ether oxygens (including phenoxy) is 1. The number of esters is 1. The maximum absolute atomic E-state index is 12.5. The third-order valence-corrected chi connectivity index (χ3v) is 4.01. The van der Waals surface area contributed by atoms with Crippen LogP contribution in [0.5, 0.6) is 0 Å². The molecule has 1 aliphatic rings. The van der Waals surface area contributed by atoms with E-state index in [4.69, 9.17) is 4.74 Å². The van der Waals surface area contributed by atoms with Gasteiger partial charge in [-0.15, -0.1) is 0 Å². The maximum atomic E-state index is 12.5. The quantitative estimate of drug-likeness (QED) is 0.809. The number of methoxy groups -OCH3 is 1. The van der Waals surface area contributed by atoms with E-state index in [0.717, 1.165) is 23.2 Å². The predicted molar refractivity (Wildman–Crippen MR) is 85.4 cm³/mol. The van der Waals surface area contributed by atoms with Gasteiger partial charge in [0.1, 0.15) is 0 Å². The van der Waals surface area contributed by atoms with Crippen molar-refractivity contribution in [3.63, 3.8) is 0 Å². The van der Waals surface area contributed by atoms with Gasteiger partial charge in [0.2, 0.25) is 5.91 Å². The van der Waals surface area contributed by atoms with Gasteiger partial charge in [0.25, 0.3) is 0 Å². The summed E-state index contributed by atoms with van der Waals surface area (Å²) in [7, 11) is 1.36. The van der Waals surface area contributed by atoms with Gasteiger partial charge < -0.3 is 9.64 Å². The van der Waals surface area contributed by atoms with E-state index in [2.05, 4.69) is 5.10 Å². The lowest BCUT2D eigenvalue weighted by Crippen LogP contribution is -2.29. The van der Waals surface area contributed by atoms with Crippen molar-refractivity contribution < 1.29 is 14.3 Å². The first kappa shape index (κ1) is 15.3. The second kappa shape index (κ2) is 6.24. The molecule has 6 heteroatoms. The molecule has 1 aromatic carbocycles. The lowest BCUT2D eigenvalue weighted by molar-refractivity contribution is -0.118. The molecule has 0 N–H and O–H groups in total. The molecule has 23 heavy (non-hydrogen) atoms. The molecule has 0 saturated carbocycles. The second-order valence-corrected chi connectivity index (χ2v) is 5.66. The van der Waals surface area contributed by atoms with E-state index in [9.17, 15) is 9.59 Å². The first-order valence-corrected chi connectivity index (χ1v) is 7.59. The molecule has 6 nitrogen and oxygen atoms in total. The van der Waals surface area contributed by atoms with Gasteiger partial charge in [-0.1, -0.05) is 0 Å². The van der Waals surface area contributed by atoms with Crippen molar-refractivity contribution in [2.24, 2.45) is 0 Å². The molecule has 1 aromatic heterocycles. The fraction of sp³-hybridized carbons (Fsp3) is 0.353. The summed E-state index contributed by atoms with van der Waals surface area (Å²) in [6, 6.07) is 5.34. The van der Waals surface area contributed by atoms with Gasteiger partial charge >= 0.3 is 5.97 Å². The molecule has 120 valence electrons. The summed E-state index contributed by atoms with van der Waals surface area (Å²) in [6.07, 6.45) is 4.86. The van der Waals surface area contributed by atoms with E-state index >= 15 is 0 Å². The van der Waals surface area contributed by atoms with E-state index in [-0.39, 0.29) is 11.9 Å². The number of nitrogens with zero attached hydrogens (tertiary/aromatic N) is 3. The van der Waals surface area contributed by atoms with Crippen LogP contribution in [0.4, 0.5) is 5.69 Å². The Balaban J connectivity index is 1.69. The molecule has 0 spiro atoms. The van der Waals surface area contributed by atoms with Crippen molar-refractivity contribution in [1.82, 2.24) is 9.78 Å². The zero-order valence-electron chi connectivity index (χ0n) is 13.3. The van der Waals surface area contributed by atoms with Gasteiger partial charge in [-0.2, -0.15) is 5.10 Å². The Morgan fingerprint density at radius 1 is 1.35 bits per heavy atom. The van der Waals surface area contributed by atoms with Crippen LogP contribution >= 0.6 is 0 Å². The highest BCUT2D eigenvalue weighted by Crippen LogP contribution is 2.29. The smallest absolute Gasteiger partial charge is 0.337 e. The van der Waals surface area contributed by atoms with Gasteiger partial charge in [-0.05, 0) is 42.7 Å². The number of anilines is 1. The van der Waals surface area contributed by atoms with Crippen LogP contribution in [0.2, 0.25) is 0 Å². The molecule has 0 atom stereocenters. The van der Waals surface area contributed by atoms with Crippen LogP contribution in [0.3, 0.4) is 0 Å². The highest BCUT2D eigenvalue weighted by atomic mass is 16.5. The Morgan fingerprint density at radius 3 is 2.87 bits per heavy atom. The van der Waals surface area contributed by atoms with Crippen molar-refractivity contribution in [1.29, 1.82) is 0 Å². The molecule has 3 rings (SSSR count). The van der Waals surface area contributed by atoms with Crippen LogP contribution in [0.15, 0.2) is 30.6 Å². The Kier molecular flexibility index (Phi) is 4.14. The molecule has 1 amide bonds. The van der Waals surface area contributed by atoms with E-state index in [1.807, 2.05) is 25.3 Å². The van der Waals surface area contributed by atoms with Crippen molar-refractivity contribution >= 4 is 17.6 Å². The van der Waals surface area contributed by atoms with Crippen molar-refractivity contribution in [2.45, 2.75) is 26.3 Å². The van der Waals surface area contributed by atoms with Crippen molar-refractivity contribution in [3.8, 4) is 0 Å². The van der Waals surface area contributed by atoms with E-state index in [1.54, 1.807) is 21.8 Å². The van der Waals surface area contributed by atoms with Gasteiger partial charge in [0.15, 0.2) is 0 Å². The SMILES string of the molecule is COC(=O)c1ccc2c(c1)CCN2C(=O)CCn1cc(C)cn1. The normalized spacial score (nSPS) is 13.0. The maximum Gasteiger partial charge on any atom is 0.337 e. The first-order valence-electron chi connectivity index (χ1n) is 7.59. The second-order valence-electron chi connectivity index (χ2n) is 5.66. The summed E-state index contributed by atoms with van der Waals surface area (Å²) >= 11 is 0. The van der Waals surface area contributed by atoms with Gasteiger partial charge in [-0.3, -0.25) is 9.48 Å². The Morgan fingerprint density at radius 2 is 2.17 bits per heavy atom. The van der Waals surface area contributed by atoms with Crippen LogP contribution in [0.25, 0.3) is 0 Å². The van der Waals surface area contributed by atoms with Crippen LogP contribution in [0.1, 0.15) is 27.9 Å². The minimum Gasteiger partial charge on any atom is -0.465 e. The standard InChI is InChI=1S/C17H19N3O3/c1-12-10-18-19(11-12)7-6-16(21)20-8-5-13-9-14(17(22)23-2)3-4-15(13)20/h3-4,9-11H,5-8H2,1-2H3. The lowest BCUT2D eigenvalue weighted by atomic mass is 10.1. The monoisotopic (exact) mass is 313 g/mol. The molecule has 0 radical (unpaired) electrons. The minimum atomic E-state index is -0.355. The van der Waals surface area contributed by atoms with E-state index < -0.39 is 0 Å². The molecular weight excluding hydrogens is 294 g/mol. The highest BCUT2D eigenvalue weighted by molar-refractivity contribution is 5.97. The summed E-state index contributed by atoms with van der Waals surface area (Å²) < 4.78 is 6.51. The first-order chi connectivity index (χ1) is 11.1. The molecule has 0 fully saturated rings. The molecule has 2 aromatic rings. The summed E-state index contributed by atoms with van der Waals surface area (Å²) in [6.45, 7) is 3.19. The van der Waals surface area contributed by atoms with Crippen molar-refractivity contribution in [3.05, 3.63) is 47.3 Å². The number of fused-ring (bicyclic) bond motifs is 1. The molecular formula is C17H19N3O3. The fourth-order valence-electron chi connectivity index (χ4n) is 2.84. The molecule has 2 heterocycles. The summed E-state index contributed by atoms with van der Waals surface area (Å²) in [4.78, 5) is 25.8. The number of benzene rings is 1. The number of carbonyl (C=O) groups is 2. The van der Waals surface area contributed by atoms with Crippen LogP contribution in [0, 0.1) is 6.92 Å². The molecule has 1 aliphatic heterocycles. The zero-order valence-corrected chi connectivity index (χ0v) is 13.3. The third kappa shape index (κ3) is 3.11. The highest BCUT2D eigenvalue weighted by Gasteiger charge is 2.25. The van der Waals surface area contributed by atoms with Crippen LogP contribution < -0.4 is 4.90 Å². The lowest BCUT2D eigenvalue weighted by Gasteiger charge is -2.17. The molecule has 0 unspecified atom stereocenters. The van der Waals surface area contributed by atoms with Gasteiger partial charge in [0.05, 0.1) is 18.9 Å². The van der Waals surface area contributed by atoms with E-state index in [1.165, 1.54) is 7.11 Å². The number of aryl methyl sites for hydroxylation is 2. The van der Waals surface area contributed by atoms with Crippen LogP contribution in [-0.2, 0) is 22.5 Å². The number of amides is 1. The van der Waals surface area contributed by atoms with Crippen molar-refractivity contribution in [2.75, 3.05) is 18.6 Å². The summed E-state index contributed by atoms with van der Waals surface area (Å²) in [5.41, 5.74) is 3.50. The average Bonchev–Trinajstić information content (AvgIpc) is 3.17. The zero-order chi connectivity index (χ0) is 16.4. The molecule has 0 saturated heterocycles. The Bertz CT molecular complexity index is 751.